The topological polar surface area (TPSA) is 99.7 Å². The van der Waals surface area contributed by atoms with Crippen LogP contribution in [0.3, 0.4) is 0 Å². The molecule has 2 aromatic carbocycles. The molecule has 7 heteroatoms. The van der Waals surface area contributed by atoms with Crippen LogP contribution in [-0.4, -0.2) is 47.1 Å². The Morgan fingerprint density at radius 1 is 1.14 bits per heavy atom. The number of nitrogens with one attached hydrogen (secondary N) is 1. The van der Waals surface area contributed by atoms with Gasteiger partial charge in [-0.15, -0.1) is 0 Å². The number of pyridine rings is 1. The molecule has 1 amide bonds. The highest BCUT2D eigenvalue weighted by Crippen LogP contribution is 2.32. The lowest BCUT2D eigenvalue weighted by Gasteiger charge is -2.17. The first-order valence-corrected chi connectivity index (χ1v) is 9.32. The molecule has 0 radical (unpaired) electrons. The fourth-order valence-corrected chi connectivity index (χ4v) is 3.40. The van der Waals surface area contributed by atoms with Gasteiger partial charge >= 0.3 is 0 Å². The number of ether oxygens (including phenoxy) is 1. The van der Waals surface area contributed by atoms with Gasteiger partial charge in [-0.2, -0.15) is 0 Å². The third-order valence-corrected chi connectivity index (χ3v) is 4.73. The highest BCUT2D eigenvalue weighted by Gasteiger charge is 2.19. The molecule has 1 aliphatic heterocycles. The van der Waals surface area contributed by atoms with Crippen LogP contribution < -0.4 is 10.3 Å². The van der Waals surface area contributed by atoms with Gasteiger partial charge in [0.15, 0.2) is 0 Å². The number of carbonyl (C=O) groups is 2. The molecule has 2 N–H and O–H groups in total. The molecule has 0 unspecified atom stereocenters. The SMILES string of the molecule is O=C1CCCN1CCOc1cc(-c2ccc(=O)[nH]c2)c2ccccc2c1.O=CO. The van der Waals surface area contributed by atoms with Crippen molar-refractivity contribution >= 4 is 23.2 Å². The van der Waals surface area contributed by atoms with Crippen molar-refractivity contribution in [2.24, 2.45) is 0 Å². The summed E-state index contributed by atoms with van der Waals surface area (Å²) in [6.07, 6.45) is 3.30. The van der Waals surface area contributed by atoms with E-state index in [1.54, 1.807) is 6.20 Å². The first-order valence-electron chi connectivity index (χ1n) is 9.32. The standard InChI is InChI=1S/C21H20N2O3.CH2O2/c24-20-8-7-16(14-22-20)19-13-17(12-15-4-1-2-5-18(15)19)26-11-10-23-9-3-6-21(23)25;2-1-3/h1-2,4-5,7-8,12-14H,3,6,9-11H2,(H,22,24);1H,(H,2,3). The number of H-pyrrole nitrogens is 1. The molecule has 1 aliphatic rings. The predicted molar refractivity (Wildman–Crippen MR) is 110 cm³/mol. The number of aromatic nitrogens is 1. The first kappa shape index (κ1) is 20.1. The summed E-state index contributed by atoms with van der Waals surface area (Å²) in [6, 6.07) is 15.4. The smallest absolute Gasteiger partial charge is 0.290 e. The Kier molecular flexibility index (Phi) is 6.63. The summed E-state index contributed by atoms with van der Waals surface area (Å²) in [7, 11) is 0. The van der Waals surface area contributed by atoms with E-state index in [0.29, 0.717) is 19.6 Å². The average molecular weight is 394 g/mol. The largest absolute Gasteiger partial charge is 0.492 e. The van der Waals surface area contributed by atoms with Crippen LogP contribution in [-0.2, 0) is 9.59 Å². The third kappa shape index (κ3) is 5.01. The van der Waals surface area contributed by atoms with Gasteiger partial charge in [-0.3, -0.25) is 14.4 Å². The highest BCUT2D eigenvalue weighted by atomic mass is 16.5. The van der Waals surface area contributed by atoms with Crippen LogP contribution in [0.25, 0.3) is 21.9 Å². The van der Waals surface area contributed by atoms with Gasteiger partial charge in [-0.05, 0) is 46.5 Å². The second kappa shape index (κ2) is 9.54. The lowest BCUT2D eigenvalue weighted by Crippen LogP contribution is -2.29. The molecule has 1 aromatic heterocycles. The van der Waals surface area contributed by atoms with Gasteiger partial charge in [0.05, 0.1) is 6.54 Å². The van der Waals surface area contributed by atoms with E-state index in [1.165, 1.54) is 6.07 Å². The number of amides is 1. The summed E-state index contributed by atoms with van der Waals surface area (Å²) in [5.74, 6) is 0.970. The van der Waals surface area contributed by atoms with Crippen molar-refractivity contribution in [1.82, 2.24) is 9.88 Å². The Bertz CT molecular complexity index is 1040. The number of aromatic amines is 1. The van der Waals surface area contributed by atoms with Crippen LogP contribution in [0.1, 0.15) is 12.8 Å². The number of fused-ring (bicyclic) bond motifs is 1. The van der Waals surface area contributed by atoms with Crippen LogP contribution in [0, 0.1) is 0 Å². The zero-order valence-electron chi connectivity index (χ0n) is 15.8. The number of hydrogen-bond acceptors (Lipinski definition) is 4. The van der Waals surface area contributed by atoms with Crippen LogP contribution in [0.5, 0.6) is 5.75 Å². The highest BCUT2D eigenvalue weighted by molar-refractivity contribution is 5.97. The van der Waals surface area contributed by atoms with Crippen molar-refractivity contribution in [3.63, 3.8) is 0 Å². The van der Waals surface area contributed by atoms with E-state index in [0.717, 1.165) is 40.6 Å². The van der Waals surface area contributed by atoms with Gasteiger partial charge in [0.25, 0.3) is 6.47 Å². The Morgan fingerprint density at radius 3 is 2.62 bits per heavy atom. The molecule has 29 heavy (non-hydrogen) atoms. The number of carboxylic acid groups (broad SMARTS) is 1. The lowest BCUT2D eigenvalue weighted by molar-refractivity contribution is -0.128. The number of nitrogens with zero attached hydrogens (tertiary/aromatic N) is 1. The molecule has 0 saturated carbocycles. The summed E-state index contributed by atoms with van der Waals surface area (Å²) in [4.78, 5) is 36.0. The molecule has 1 saturated heterocycles. The molecule has 0 bridgehead atoms. The second-order valence-corrected chi connectivity index (χ2v) is 6.57. The quantitative estimate of drug-likeness (QED) is 0.648. The van der Waals surface area contributed by atoms with Gasteiger partial charge in [-0.1, -0.05) is 24.3 Å². The summed E-state index contributed by atoms with van der Waals surface area (Å²) in [5.41, 5.74) is 1.81. The van der Waals surface area contributed by atoms with Crippen molar-refractivity contribution in [2.75, 3.05) is 19.7 Å². The minimum Gasteiger partial charge on any atom is -0.492 e. The fourth-order valence-electron chi connectivity index (χ4n) is 3.40. The molecule has 3 aromatic rings. The Morgan fingerprint density at radius 2 is 1.93 bits per heavy atom. The molecule has 2 heterocycles. The maximum absolute atomic E-state index is 11.7. The minimum atomic E-state index is -0.250. The second-order valence-electron chi connectivity index (χ2n) is 6.57. The average Bonchev–Trinajstić information content (AvgIpc) is 3.13. The van der Waals surface area contributed by atoms with Crippen LogP contribution in [0.15, 0.2) is 59.5 Å². The van der Waals surface area contributed by atoms with E-state index in [2.05, 4.69) is 11.1 Å². The molecular formula is C22H22N2O5. The first-order chi connectivity index (χ1) is 14.1. The van der Waals surface area contributed by atoms with Crippen molar-refractivity contribution < 1.29 is 19.4 Å². The van der Waals surface area contributed by atoms with Crippen molar-refractivity contribution in [2.45, 2.75) is 12.8 Å². The fraction of sp³-hybridized carbons (Fsp3) is 0.227. The Balaban J connectivity index is 0.000000755. The third-order valence-electron chi connectivity index (χ3n) is 4.73. The predicted octanol–water partition coefficient (Wildman–Crippen LogP) is 2.90. The van der Waals surface area contributed by atoms with E-state index in [4.69, 9.17) is 14.6 Å². The molecule has 7 nitrogen and oxygen atoms in total. The summed E-state index contributed by atoms with van der Waals surface area (Å²) in [6.45, 7) is 1.65. The maximum atomic E-state index is 11.7. The van der Waals surface area contributed by atoms with Gasteiger partial charge < -0.3 is 19.7 Å². The number of benzene rings is 2. The van der Waals surface area contributed by atoms with Gasteiger partial charge in [0, 0.05) is 25.2 Å². The Labute approximate surface area is 167 Å². The van der Waals surface area contributed by atoms with Crippen molar-refractivity contribution in [3.8, 4) is 16.9 Å². The summed E-state index contributed by atoms with van der Waals surface area (Å²) >= 11 is 0. The molecule has 0 spiro atoms. The monoisotopic (exact) mass is 394 g/mol. The number of rotatable bonds is 5. The Hall–Kier alpha value is -3.61. The van der Waals surface area contributed by atoms with E-state index in [9.17, 15) is 9.59 Å². The number of carbonyl (C=O) groups excluding carboxylic acids is 1. The molecule has 4 rings (SSSR count). The zero-order valence-corrected chi connectivity index (χ0v) is 15.8. The normalized spacial score (nSPS) is 13.1. The minimum absolute atomic E-state index is 0.124. The van der Waals surface area contributed by atoms with Crippen LogP contribution in [0.2, 0.25) is 0 Å². The van der Waals surface area contributed by atoms with Gasteiger partial charge in [-0.25, -0.2) is 0 Å². The lowest BCUT2D eigenvalue weighted by atomic mass is 9.99. The van der Waals surface area contributed by atoms with E-state index >= 15 is 0 Å². The van der Waals surface area contributed by atoms with Gasteiger partial charge in [0.2, 0.25) is 11.5 Å². The van der Waals surface area contributed by atoms with E-state index in [1.807, 2.05) is 41.3 Å². The van der Waals surface area contributed by atoms with Crippen molar-refractivity contribution in [3.05, 3.63) is 65.1 Å². The maximum Gasteiger partial charge on any atom is 0.290 e. The zero-order chi connectivity index (χ0) is 20.6. The molecule has 0 atom stereocenters. The van der Waals surface area contributed by atoms with Crippen LogP contribution >= 0.6 is 0 Å². The molecular weight excluding hydrogens is 372 g/mol. The number of likely N-dealkylation sites (tertiary alicyclic amines) is 1. The number of hydrogen-bond donors (Lipinski definition) is 2. The molecule has 0 aliphatic carbocycles. The van der Waals surface area contributed by atoms with Crippen molar-refractivity contribution in [1.29, 1.82) is 0 Å². The molecule has 1 fully saturated rings. The molecule has 150 valence electrons. The van der Waals surface area contributed by atoms with E-state index in [-0.39, 0.29) is 17.9 Å². The van der Waals surface area contributed by atoms with Crippen LogP contribution in [0.4, 0.5) is 0 Å². The summed E-state index contributed by atoms with van der Waals surface area (Å²) in [5, 5.41) is 9.06. The van der Waals surface area contributed by atoms with Gasteiger partial charge in [0.1, 0.15) is 12.4 Å². The summed E-state index contributed by atoms with van der Waals surface area (Å²) < 4.78 is 5.94. The van der Waals surface area contributed by atoms with E-state index < -0.39 is 0 Å².